The molecule has 5 fully saturated rings. The highest BCUT2D eigenvalue weighted by Crippen LogP contribution is 2.34. The van der Waals surface area contributed by atoms with Crippen molar-refractivity contribution >= 4 is 133 Å². The first kappa shape index (κ1) is 104. The van der Waals surface area contributed by atoms with Crippen molar-refractivity contribution in [1.82, 2.24) is 73.2 Å². The van der Waals surface area contributed by atoms with Crippen molar-refractivity contribution in [2.75, 3.05) is 77.3 Å². The maximum absolute atomic E-state index is 15.0. The quantitative estimate of drug-likeness (QED) is 0.0151. The lowest BCUT2D eigenvalue weighted by Gasteiger charge is -2.19. The number of thiocarbonyl (C=S) groups is 4. The number of carbonyl (C=O) groups excluding carboxylic acids is 5. The number of amides is 2. The summed E-state index contributed by atoms with van der Waals surface area (Å²) in [6.45, 7) is 9.70. The van der Waals surface area contributed by atoms with Gasteiger partial charge in [0.1, 0.15) is 74.5 Å². The monoisotopic (exact) mass is 2090 g/mol. The van der Waals surface area contributed by atoms with Gasteiger partial charge in [0.25, 0.3) is 22.6 Å². The van der Waals surface area contributed by atoms with Crippen LogP contribution in [0.5, 0.6) is 46.0 Å². The van der Waals surface area contributed by atoms with Crippen LogP contribution in [0.15, 0.2) is 300 Å². The summed E-state index contributed by atoms with van der Waals surface area (Å²) >= 11 is 21.6. The first-order valence-corrected chi connectivity index (χ1v) is 50.4. The molecule has 1 saturated carbocycles. The van der Waals surface area contributed by atoms with E-state index in [2.05, 4.69) is 76.5 Å². The van der Waals surface area contributed by atoms with E-state index in [0.717, 1.165) is 102 Å². The van der Waals surface area contributed by atoms with Crippen molar-refractivity contribution in [3.05, 3.63) is 374 Å². The zero-order chi connectivity index (χ0) is 105. The number of hydrogen-bond acceptors (Lipinski definition) is 22. The van der Waals surface area contributed by atoms with Gasteiger partial charge in [-0.05, 0) is 260 Å². The third kappa shape index (κ3) is 26.7. The Morgan fingerprint density at radius 3 is 1.24 bits per heavy atom. The molecule has 33 nitrogen and oxygen atoms in total. The number of likely N-dealkylation sites (tertiary alicyclic amines) is 3. The number of aromatic nitrogens is 11. The molecule has 6 aromatic carbocycles. The molecule has 0 spiro atoms. The second-order valence-electron chi connectivity index (χ2n) is 35.8. The van der Waals surface area contributed by atoms with Gasteiger partial charge in [-0.15, -0.1) is 0 Å². The van der Waals surface area contributed by atoms with E-state index < -0.39 is 34.6 Å². The summed E-state index contributed by atoms with van der Waals surface area (Å²) in [5, 5.41) is 20.5. The third-order valence-electron chi connectivity index (χ3n) is 25.3. The third-order valence-corrected chi connectivity index (χ3v) is 26.6. The van der Waals surface area contributed by atoms with Crippen LogP contribution < -0.4 is 72.4 Å². The number of pyridine rings is 7. The summed E-state index contributed by atoms with van der Waals surface area (Å²) in [5.41, 5.74) is 4.68. The second-order valence-corrected chi connectivity index (χ2v) is 37.4. The molecule has 1 atom stereocenters. The Morgan fingerprint density at radius 2 is 0.807 bits per heavy atom. The van der Waals surface area contributed by atoms with Crippen LogP contribution >= 0.6 is 48.9 Å². The maximum atomic E-state index is 15.0. The first-order valence-electron chi connectivity index (χ1n) is 48.8. The fourth-order valence-electron chi connectivity index (χ4n) is 17.2. The van der Waals surface area contributed by atoms with E-state index in [9.17, 15) is 47.1 Å². The Morgan fingerprint density at radius 1 is 0.393 bits per heavy atom. The number of nitrogens with one attached hydrogen (secondary N) is 6. The number of halogens is 2. The summed E-state index contributed by atoms with van der Waals surface area (Å²) in [6.07, 6.45) is 20.6. The molecule has 4 aliphatic heterocycles. The first-order chi connectivity index (χ1) is 72.7. The van der Waals surface area contributed by atoms with Gasteiger partial charge >= 0.3 is 0 Å². The fourth-order valence-corrected chi connectivity index (χ4v) is 18.4. The zero-order valence-electron chi connectivity index (χ0n) is 82.2. The standard InChI is InChI=1S/C29H28FN5O3S.C28H28N6O3S.C27H22FN5O3S.C27H27N5O3S/c1-19-27(28(37)35(33(19)2)21-8-4-3-5-9-21)24(36)17-20-10-11-25(23(30)16-20)38-22-12-13-31-26(18-22)32-29(39)34-14-6-7-15-34;1-19-26(27(36)34(32(19)2)21-8-4-3-5-9-21)24(35)16-20-10-11-23(18-30-20)37-22-12-13-29-25(17-22)31-28(38)33-14-6-7-15-33;28-22-15-18(30-25(34)21-7-4-14-33(26(21)35)19-5-2-1-3-6-19)10-11-23(22)36-20-12-13-29-24(16-20)32-27(37)31-17-8-9-17;33-24(23-11-15-32(26(23)34)20-6-2-1-3-7-20)16-19-8-9-22(18-29-19)35-21-10-12-28-25(17-21)30-27(36)31-13-4-5-14-31/h3-5,8-13,16,18H,6-7,14-15,17H2,1-2H3,(H,31,32,39);3-5,8-13,17-18H,6-7,14-16H2,1-2H3,(H,29,31,38);1-7,10-17H,8-9H2,(H,30,34)(H2,29,31,32,37);1-3,6-10,12,17-18,23H,4-5,11,13-16H2,(H,28,30,36). The van der Waals surface area contributed by atoms with E-state index in [0.29, 0.717) is 143 Å². The van der Waals surface area contributed by atoms with Crippen LogP contribution in [-0.4, -0.2) is 169 Å². The molecule has 9 aromatic heterocycles. The normalized spacial score (nSPS) is 13.9. The predicted octanol–water partition coefficient (Wildman–Crippen LogP) is 18.4. The van der Waals surface area contributed by atoms with E-state index in [1.54, 1.807) is 201 Å². The number of anilines is 6. The largest absolute Gasteiger partial charge is 0.456 e. The smallest absolute Gasteiger partial charge is 0.282 e. The highest BCUT2D eigenvalue weighted by Gasteiger charge is 2.38. The predicted molar refractivity (Wildman–Crippen MR) is 585 cm³/mol. The Hall–Kier alpha value is -17.0. The molecule has 1 unspecified atom stereocenters. The average molecular weight is 2090 g/mol. The van der Waals surface area contributed by atoms with Crippen molar-refractivity contribution in [1.29, 1.82) is 0 Å². The van der Waals surface area contributed by atoms with E-state index >= 15 is 0 Å². The van der Waals surface area contributed by atoms with E-state index in [1.807, 2.05) is 84.9 Å². The molecule has 764 valence electrons. The lowest BCUT2D eigenvalue weighted by atomic mass is 9.98. The zero-order valence-corrected chi connectivity index (χ0v) is 85.5. The van der Waals surface area contributed by atoms with Crippen LogP contribution in [0.1, 0.15) is 117 Å². The van der Waals surface area contributed by atoms with E-state index in [4.69, 9.17) is 67.8 Å². The molecule has 13 heterocycles. The van der Waals surface area contributed by atoms with Crippen LogP contribution in [0.25, 0.3) is 17.1 Å². The molecule has 2 amide bonds. The van der Waals surface area contributed by atoms with Gasteiger partial charge < -0.3 is 70.4 Å². The van der Waals surface area contributed by atoms with Gasteiger partial charge in [-0.1, -0.05) is 78.9 Å². The van der Waals surface area contributed by atoms with Crippen LogP contribution in [0.2, 0.25) is 0 Å². The number of Topliss-reactive ketones (excluding diaryl/α,β-unsaturated/α-hetero) is 3. The number of nitrogens with zero attached hydrogens (tertiary/aromatic N) is 15. The highest BCUT2D eigenvalue weighted by molar-refractivity contribution is 7.81. The molecule has 150 heavy (non-hydrogen) atoms. The van der Waals surface area contributed by atoms with Crippen LogP contribution in [0.4, 0.5) is 43.4 Å². The Balaban J connectivity index is 0.000000136. The van der Waals surface area contributed by atoms with Gasteiger partial charge in [-0.2, -0.15) is 0 Å². The molecule has 4 saturated heterocycles. The van der Waals surface area contributed by atoms with E-state index in [-0.39, 0.29) is 82.0 Å². The summed E-state index contributed by atoms with van der Waals surface area (Å²) < 4.78 is 60.8. The van der Waals surface area contributed by atoms with Gasteiger partial charge in [-0.25, -0.2) is 38.1 Å². The van der Waals surface area contributed by atoms with Crippen LogP contribution in [0, 0.1) is 31.4 Å². The summed E-state index contributed by atoms with van der Waals surface area (Å²) in [6, 6.07) is 69.0. The van der Waals surface area contributed by atoms with Crippen LogP contribution in [-0.2, 0) is 42.9 Å². The minimum Gasteiger partial charge on any atom is -0.456 e. The number of para-hydroxylation sites is 4. The lowest BCUT2D eigenvalue weighted by molar-refractivity contribution is -0.130. The van der Waals surface area contributed by atoms with Crippen molar-refractivity contribution in [2.45, 2.75) is 96.9 Å². The van der Waals surface area contributed by atoms with Gasteiger partial charge in [0, 0.05) is 180 Å². The number of ether oxygens (including phenoxy) is 4. The molecule has 0 bridgehead atoms. The Bertz CT molecular complexity index is 7680. The Kier molecular flexibility index (Phi) is 34.1. The van der Waals surface area contributed by atoms with Gasteiger partial charge in [0.15, 0.2) is 60.9 Å². The van der Waals surface area contributed by atoms with E-state index in [1.165, 1.54) is 50.5 Å². The van der Waals surface area contributed by atoms with Gasteiger partial charge in [0.05, 0.1) is 36.1 Å². The van der Waals surface area contributed by atoms with Crippen LogP contribution in [0.3, 0.4) is 0 Å². The molecule has 1 aliphatic carbocycles. The van der Waals surface area contributed by atoms with Gasteiger partial charge in [-0.3, -0.25) is 62.3 Å². The number of benzene rings is 6. The topological polar surface area (TPSA) is 361 Å². The Labute approximate surface area is 883 Å². The number of carbonyl (C=O) groups is 5. The SMILES string of the molecule is Cc1c(C(=O)Cc2ccc(Oc3ccnc(NC(=S)N4CCCC4)c3)c(F)c2)c(=O)n(-c2ccccc2)n1C.Cc1c(C(=O)Cc2ccc(Oc3ccnc(NC(=S)N4CCCC4)c3)cn2)c(=O)n(-c2ccccc2)n1C.O=C(Cc1ccc(Oc2ccnc(NC(=S)N3CCCC3)c2)cn1)C1CCN(c2ccccc2)C1=O.O=C(Nc1ccc(Oc2ccnc(NC(=S)NC3CC3)c2)c(F)c1)c1cccn(-c2ccccc2)c1=O. The molecule has 5 aliphatic rings. The number of hydrogen-bond donors (Lipinski definition) is 6. The number of rotatable bonds is 28. The maximum Gasteiger partial charge on any atom is 0.282 e. The van der Waals surface area contributed by atoms with Gasteiger partial charge in [0.2, 0.25) is 5.91 Å². The summed E-state index contributed by atoms with van der Waals surface area (Å²) in [7, 11) is 3.50. The highest BCUT2D eigenvalue weighted by atomic mass is 32.1. The van der Waals surface area contributed by atoms with Crippen molar-refractivity contribution < 1.29 is 51.7 Å². The van der Waals surface area contributed by atoms with Crippen molar-refractivity contribution in [3.8, 4) is 63.1 Å². The fraction of sp³-hybridized carbons (Fsp3) is 0.225. The minimum absolute atomic E-state index is 0.00638. The molecule has 39 heteroatoms. The summed E-state index contributed by atoms with van der Waals surface area (Å²) in [4.78, 5) is 138. The van der Waals surface area contributed by atoms with Crippen molar-refractivity contribution in [3.63, 3.8) is 0 Å². The summed E-state index contributed by atoms with van der Waals surface area (Å²) in [5.74, 6) is 1.63. The van der Waals surface area contributed by atoms with Crippen molar-refractivity contribution in [2.24, 2.45) is 20.0 Å². The number of ketones is 3. The lowest BCUT2D eigenvalue weighted by Crippen LogP contribution is -2.32. The molecular formula is C111H105F2N21O12S4. The molecule has 0 radical (unpaired) electrons. The minimum atomic E-state index is -0.690. The molecule has 20 rings (SSSR count). The second kappa shape index (κ2) is 49.0. The molecule has 6 N–H and O–H groups in total. The molecule has 15 aromatic rings. The molecular weight excluding hydrogens is 1990 g/mol. The average Bonchev–Trinajstić information content (AvgIpc) is 1.60.